The smallest absolute Gasteiger partial charge is 0.158 e. The van der Waals surface area contributed by atoms with E-state index < -0.39 is 0 Å². The third-order valence-electron chi connectivity index (χ3n) is 8.80. The van der Waals surface area contributed by atoms with Gasteiger partial charge in [0, 0.05) is 25.7 Å². The maximum Gasteiger partial charge on any atom is 0.158 e. The molecular weight excluding hydrogens is 360 g/mol. The molecule has 0 radical (unpaired) electrons. The van der Waals surface area contributed by atoms with Crippen molar-refractivity contribution < 1.29 is 14.4 Å². The van der Waals surface area contributed by atoms with Gasteiger partial charge in [-0.3, -0.25) is 14.4 Å². The first kappa shape index (κ1) is 22.2. The van der Waals surface area contributed by atoms with Gasteiger partial charge in [-0.25, -0.2) is 0 Å². The molecule has 5 atom stereocenters. The number of hydrogen-bond donors (Lipinski definition) is 0. The van der Waals surface area contributed by atoms with E-state index in [0.717, 1.165) is 60.8 Å². The molecule has 0 bridgehead atoms. The van der Waals surface area contributed by atoms with Gasteiger partial charge in [0.2, 0.25) is 0 Å². The van der Waals surface area contributed by atoms with Crippen LogP contribution in [0.15, 0.2) is 23.8 Å². The van der Waals surface area contributed by atoms with Crippen molar-refractivity contribution in [3.05, 3.63) is 23.8 Å². The van der Waals surface area contributed by atoms with Crippen LogP contribution in [0.4, 0.5) is 0 Å². The van der Waals surface area contributed by atoms with Crippen LogP contribution in [0.3, 0.4) is 0 Å². The lowest BCUT2D eigenvalue weighted by Crippen LogP contribution is -2.20. The van der Waals surface area contributed by atoms with Gasteiger partial charge < -0.3 is 0 Å². The highest BCUT2D eigenvalue weighted by molar-refractivity contribution is 5.96. The van der Waals surface area contributed by atoms with Gasteiger partial charge in [0.05, 0.1) is 0 Å². The molecule has 0 saturated heterocycles. The lowest BCUT2D eigenvalue weighted by Gasteiger charge is -2.26. The van der Waals surface area contributed by atoms with E-state index in [4.69, 9.17) is 0 Å². The third kappa shape index (κ3) is 3.94. The first-order chi connectivity index (χ1) is 13.5. The van der Waals surface area contributed by atoms with Crippen LogP contribution in [0, 0.1) is 40.4 Å². The molecule has 3 nitrogen and oxygen atoms in total. The Morgan fingerprint density at radius 1 is 1.03 bits per heavy atom. The van der Waals surface area contributed by atoms with Crippen LogP contribution in [0.2, 0.25) is 0 Å². The number of Topliss-reactive ketones (excluding diaryl/α,β-unsaturated/α-hetero) is 2. The molecule has 5 aliphatic carbocycles. The van der Waals surface area contributed by atoms with Crippen molar-refractivity contribution in [2.45, 2.75) is 80.1 Å². The summed E-state index contributed by atoms with van der Waals surface area (Å²) in [5.41, 5.74) is 3.74. The van der Waals surface area contributed by atoms with Crippen LogP contribution in [0.25, 0.3) is 0 Å². The maximum absolute atomic E-state index is 11.6. The van der Waals surface area contributed by atoms with Crippen molar-refractivity contribution in [3.8, 4) is 0 Å². The summed E-state index contributed by atoms with van der Waals surface area (Å²) in [4.78, 5) is 32.4. The van der Waals surface area contributed by atoms with Crippen molar-refractivity contribution in [1.29, 1.82) is 0 Å². The molecule has 0 aliphatic heterocycles. The quantitative estimate of drug-likeness (QED) is 0.558. The Bertz CT molecular complexity index is 751. The molecule has 3 heteroatoms. The van der Waals surface area contributed by atoms with Crippen LogP contribution in [-0.2, 0) is 14.4 Å². The molecule has 0 aromatic rings. The standard InChI is InChI=1S/C13H18O.C8H12O.C5H8O/c1-7-9-6-10-12(13(10,2)3)8(9)4-5-11(7)14;1-8(2)6-3-5(9)4-7(6)8;1-3-5(6)4-2/h8,10,12H,4-6H2,1-3H3;6-7H,3-4H2,1-2H3;3H,1,4H2,2H3/t8?,10-,12+;6-,7+;/m1../s1. The SMILES string of the molecule is C=CC(=O)CC.CC1(C)[C@@H]2CC(=O)C[C@@H]21.CC1=C2C[C@@H]3[C@H](C2CCC1=O)C3(C)C. The monoisotopic (exact) mass is 398 g/mol. The fraction of sp³-hybridized carbons (Fsp3) is 0.731. The van der Waals surface area contributed by atoms with Crippen molar-refractivity contribution in [2.75, 3.05) is 0 Å². The summed E-state index contributed by atoms with van der Waals surface area (Å²) in [6, 6.07) is 0. The Balaban J connectivity index is 0.000000138. The number of ketones is 3. The Labute approximate surface area is 176 Å². The van der Waals surface area contributed by atoms with Gasteiger partial charge in [0.1, 0.15) is 5.78 Å². The Hall–Kier alpha value is -1.51. The zero-order chi connectivity index (χ0) is 21.7. The predicted octanol–water partition coefficient (Wildman–Crippen LogP) is 5.73. The van der Waals surface area contributed by atoms with E-state index in [1.807, 2.05) is 13.8 Å². The Morgan fingerprint density at radius 3 is 2.07 bits per heavy atom. The molecule has 4 saturated carbocycles. The summed E-state index contributed by atoms with van der Waals surface area (Å²) in [6.45, 7) is 16.5. The predicted molar refractivity (Wildman–Crippen MR) is 116 cm³/mol. The summed E-state index contributed by atoms with van der Waals surface area (Å²) in [7, 11) is 0. The van der Waals surface area contributed by atoms with E-state index in [-0.39, 0.29) is 5.78 Å². The second-order valence-electron chi connectivity index (χ2n) is 10.9. The van der Waals surface area contributed by atoms with Crippen molar-refractivity contribution in [3.63, 3.8) is 0 Å². The van der Waals surface area contributed by atoms with E-state index >= 15 is 0 Å². The van der Waals surface area contributed by atoms with Crippen LogP contribution < -0.4 is 0 Å². The second-order valence-corrected chi connectivity index (χ2v) is 10.9. The Morgan fingerprint density at radius 2 is 1.62 bits per heavy atom. The minimum absolute atomic E-state index is 0.106. The van der Waals surface area contributed by atoms with E-state index in [1.165, 1.54) is 18.1 Å². The molecule has 29 heavy (non-hydrogen) atoms. The molecular formula is C26H38O3. The highest BCUT2D eigenvalue weighted by atomic mass is 16.1. The average molecular weight is 399 g/mol. The number of carbonyl (C=O) groups excluding carboxylic acids is 3. The normalized spacial score (nSPS) is 36.6. The van der Waals surface area contributed by atoms with Crippen LogP contribution in [-0.4, -0.2) is 17.3 Å². The summed E-state index contributed by atoms with van der Waals surface area (Å²) < 4.78 is 0. The van der Waals surface area contributed by atoms with Gasteiger partial charge in [-0.1, -0.05) is 46.8 Å². The topological polar surface area (TPSA) is 51.2 Å². The molecule has 4 fully saturated rings. The zero-order valence-electron chi connectivity index (χ0n) is 19.1. The van der Waals surface area contributed by atoms with E-state index in [2.05, 4.69) is 34.3 Å². The zero-order valence-corrected chi connectivity index (χ0v) is 19.1. The van der Waals surface area contributed by atoms with E-state index in [1.54, 1.807) is 0 Å². The van der Waals surface area contributed by atoms with Crippen molar-refractivity contribution >= 4 is 17.3 Å². The molecule has 0 aromatic heterocycles. The van der Waals surface area contributed by atoms with Crippen molar-refractivity contribution in [2.24, 2.45) is 40.4 Å². The maximum atomic E-state index is 11.6. The number of carbonyl (C=O) groups is 3. The molecule has 5 aliphatic rings. The number of rotatable bonds is 2. The molecule has 0 aromatic carbocycles. The number of fused-ring (bicyclic) bond motifs is 4. The van der Waals surface area contributed by atoms with Gasteiger partial charge in [-0.2, -0.15) is 0 Å². The molecule has 0 spiro atoms. The van der Waals surface area contributed by atoms with E-state index in [0.29, 0.717) is 28.8 Å². The highest BCUT2D eigenvalue weighted by Crippen LogP contribution is 2.72. The summed E-state index contributed by atoms with van der Waals surface area (Å²) >= 11 is 0. The number of allylic oxidation sites excluding steroid dienone is 3. The van der Waals surface area contributed by atoms with Gasteiger partial charge in [0.25, 0.3) is 0 Å². The summed E-state index contributed by atoms with van der Waals surface area (Å²) in [5.74, 6) is 5.08. The highest BCUT2D eigenvalue weighted by Gasteiger charge is 2.65. The minimum atomic E-state index is 0.106. The molecule has 160 valence electrons. The number of hydrogen-bond acceptors (Lipinski definition) is 3. The first-order valence-electron chi connectivity index (χ1n) is 11.4. The second kappa shape index (κ2) is 7.63. The third-order valence-corrected chi connectivity index (χ3v) is 8.80. The first-order valence-corrected chi connectivity index (χ1v) is 11.4. The van der Waals surface area contributed by atoms with Gasteiger partial charge in [0.15, 0.2) is 11.6 Å². The largest absolute Gasteiger partial charge is 0.300 e. The lowest BCUT2D eigenvalue weighted by atomic mass is 9.78. The van der Waals surface area contributed by atoms with E-state index in [9.17, 15) is 14.4 Å². The van der Waals surface area contributed by atoms with Crippen LogP contribution in [0.1, 0.15) is 80.1 Å². The molecule has 0 amide bonds. The molecule has 0 heterocycles. The fourth-order valence-electron chi connectivity index (χ4n) is 6.40. The van der Waals surface area contributed by atoms with Gasteiger partial charge >= 0.3 is 0 Å². The lowest BCUT2D eigenvalue weighted by molar-refractivity contribution is -0.119. The molecule has 5 rings (SSSR count). The van der Waals surface area contributed by atoms with Gasteiger partial charge in [-0.05, 0) is 71.8 Å². The minimum Gasteiger partial charge on any atom is -0.300 e. The fourth-order valence-corrected chi connectivity index (χ4v) is 6.40. The summed E-state index contributed by atoms with van der Waals surface area (Å²) in [5, 5.41) is 0. The van der Waals surface area contributed by atoms with Crippen molar-refractivity contribution in [1.82, 2.24) is 0 Å². The average Bonchev–Trinajstić information content (AvgIpc) is 3.19. The van der Waals surface area contributed by atoms with Crippen LogP contribution in [0.5, 0.6) is 0 Å². The van der Waals surface area contributed by atoms with Gasteiger partial charge in [-0.15, -0.1) is 0 Å². The molecule has 0 N–H and O–H groups in total. The Kier molecular flexibility index (Phi) is 5.84. The van der Waals surface area contributed by atoms with Crippen LogP contribution >= 0.6 is 0 Å². The molecule has 1 unspecified atom stereocenters. The summed E-state index contributed by atoms with van der Waals surface area (Å²) in [6.07, 6.45) is 6.81.